The Hall–Kier alpha value is -3.61. The lowest BCUT2D eigenvalue weighted by Crippen LogP contribution is -2.32. The first-order valence-electron chi connectivity index (χ1n) is 8.83. The van der Waals surface area contributed by atoms with Crippen molar-refractivity contribution in [3.8, 4) is 11.5 Å². The summed E-state index contributed by atoms with van der Waals surface area (Å²) in [6.45, 7) is 1.45. The molecule has 0 aliphatic carbocycles. The summed E-state index contributed by atoms with van der Waals surface area (Å²) in [4.78, 5) is 26.0. The fourth-order valence-corrected chi connectivity index (χ4v) is 3.20. The predicted molar refractivity (Wildman–Crippen MR) is 99.4 cm³/mol. The number of furan rings is 1. The van der Waals surface area contributed by atoms with E-state index >= 15 is 0 Å². The lowest BCUT2D eigenvalue weighted by Gasteiger charge is -2.32. The highest BCUT2D eigenvalue weighted by Gasteiger charge is 2.28. The number of fused-ring (bicyclic) bond motifs is 1. The summed E-state index contributed by atoms with van der Waals surface area (Å²) in [6, 6.07) is 12.4. The van der Waals surface area contributed by atoms with Crippen molar-refractivity contribution >= 4 is 18.0 Å². The van der Waals surface area contributed by atoms with Gasteiger partial charge in [0.2, 0.25) is 11.7 Å². The van der Waals surface area contributed by atoms with Gasteiger partial charge < -0.3 is 18.6 Å². The number of rotatable bonds is 5. The van der Waals surface area contributed by atoms with Gasteiger partial charge in [-0.25, -0.2) is 0 Å². The zero-order chi connectivity index (χ0) is 19.5. The van der Waals surface area contributed by atoms with E-state index in [4.69, 9.17) is 13.7 Å². The lowest BCUT2D eigenvalue weighted by atomic mass is 9.94. The molecule has 0 bridgehead atoms. The number of amides is 1. The predicted octanol–water partition coefficient (Wildman–Crippen LogP) is 3.94. The maximum absolute atomic E-state index is 12.4. The molecule has 1 aliphatic rings. The SMILES string of the molecule is CC(=O)N1C=Cc2ccccc2[C@@H]1CC(=O)OCc1cc(-c2ccco2)on1. The standard InChI is InChI=1S/C21H18N2O5/c1-14(24)23-9-8-15-5-2-3-6-17(15)18(23)12-21(25)27-13-16-11-20(28-22-16)19-7-4-10-26-19/h2-11,18H,12-13H2,1H3/t18-/m0/s1. The van der Waals surface area contributed by atoms with E-state index in [-0.39, 0.29) is 18.9 Å². The highest BCUT2D eigenvalue weighted by atomic mass is 16.5. The summed E-state index contributed by atoms with van der Waals surface area (Å²) in [5.74, 6) is 0.449. The topological polar surface area (TPSA) is 85.8 Å². The van der Waals surface area contributed by atoms with Crippen molar-refractivity contribution in [2.75, 3.05) is 0 Å². The third kappa shape index (κ3) is 3.59. The molecule has 0 spiro atoms. The maximum Gasteiger partial charge on any atom is 0.308 e. The number of carbonyl (C=O) groups excluding carboxylic acids is 2. The van der Waals surface area contributed by atoms with E-state index in [2.05, 4.69) is 5.16 Å². The second kappa shape index (κ2) is 7.56. The molecular weight excluding hydrogens is 360 g/mol. The number of esters is 1. The first-order chi connectivity index (χ1) is 13.6. The molecule has 4 rings (SSSR count). The van der Waals surface area contributed by atoms with E-state index in [1.54, 1.807) is 29.3 Å². The van der Waals surface area contributed by atoms with Crippen LogP contribution in [0.15, 0.2) is 63.9 Å². The van der Waals surface area contributed by atoms with Crippen LogP contribution in [0.3, 0.4) is 0 Å². The van der Waals surface area contributed by atoms with E-state index in [0.29, 0.717) is 17.2 Å². The number of nitrogens with zero attached hydrogens (tertiary/aromatic N) is 2. The van der Waals surface area contributed by atoms with Crippen LogP contribution in [-0.2, 0) is 20.9 Å². The molecular formula is C21H18N2O5. The summed E-state index contributed by atoms with van der Waals surface area (Å²) < 4.78 is 15.8. The van der Waals surface area contributed by atoms with E-state index in [0.717, 1.165) is 11.1 Å². The number of carbonyl (C=O) groups is 2. The highest BCUT2D eigenvalue weighted by molar-refractivity contribution is 5.80. The molecule has 7 heteroatoms. The molecule has 1 aliphatic heterocycles. The Morgan fingerprint density at radius 3 is 2.82 bits per heavy atom. The van der Waals surface area contributed by atoms with Crippen LogP contribution < -0.4 is 0 Å². The van der Waals surface area contributed by atoms with Gasteiger partial charge in [0.1, 0.15) is 12.3 Å². The molecule has 1 amide bonds. The van der Waals surface area contributed by atoms with E-state index in [1.807, 2.05) is 30.3 Å². The van der Waals surface area contributed by atoms with Crippen molar-refractivity contribution in [3.63, 3.8) is 0 Å². The third-order valence-electron chi connectivity index (χ3n) is 4.53. The molecule has 0 saturated heterocycles. The molecule has 0 radical (unpaired) electrons. The van der Waals surface area contributed by atoms with Gasteiger partial charge in [-0.15, -0.1) is 0 Å². The molecule has 28 heavy (non-hydrogen) atoms. The van der Waals surface area contributed by atoms with Crippen molar-refractivity contribution in [2.45, 2.75) is 26.0 Å². The maximum atomic E-state index is 12.4. The highest BCUT2D eigenvalue weighted by Crippen LogP contribution is 2.33. The third-order valence-corrected chi connectivity index (χ3v) is 4.53. The van der Waals surface area contributed by atoms with Crippen LogP contribution >= 0.6 is 0 Å². The van der Waals surface area contributed by atoms with Crippen LogP contribution in [0, 0.1) is 0 Å². The second-order valence-corrected chi connectivity index (χ2v) is 6.41. The van der Waals surface area contributed by atoms with Crippen molar-refractivity contribution in [2.24, 2.45) is 0 Å². The van der Waals surface area contributed by atoms with Gasteiger partial charge in [0, 0.05) is 19.2 Å². The monoisotopic (exact) mass is 378 g/mol. The molecule has 7 nitrogen and oxygen atoms in total. The van der Waals surface area contributed by atoms with E-state index in [9.17, 15) is 9.59 Å². The van der Waals surface area contributed by atoms with Crippen LogP contribution in [-0.4, -0.2) is 21.9 Å². The average Bonchev–Trinajstić information content (AvgIpc) is 3.38. The van der Waals surface area contributed by atoms with Gasteiger partial charge >= 0.3 is 5.97 Å². The zero-order valence-electron chi connectivity index (χ0n) is 15.2. The largest absolute Gasteiger partial charge is 0.461 e. The Morgan fingerprint density at radius 2 is 2.04 bits per heavy atom. The Bertz CT molecular complexity index is 1020. The summed E-state index contributed by atoms with van der Waals surface area (Å²) in [7, 11) is 0. The first-order valence-corrected chi connectivity index (χ1v) is 8.83. The minimum absolute atomic E-state index is 0.0205. The summed E-state index contributed by atoms with van der Waals surface area (Å²) in [6.07, 6.45) is 5.15. The molecule has 3 heterocycles. The van der Waals surface area contributed by atoms with E-state index < -0.39 is 12.0 Å². The molecule has 0 fully saturated rings. The molecule has 142 valence electrons. The number of hydrogen-bond acceptors (Lipinski definition) is 6. The molecule has 1 atom stereocenters. The van der Waals surface area contributed by atoms with Crippen LogP contribution in [0.1, 0.15) is 36.2 Å². The first kappa shape index (κ1) is 17.8. The zero-order valence-corrected chi connectivity index (χ0v) is 15.2. The Morgan fingerprint density at radius 1 is 1.18 bits per heavy atom. The fourth-order valence-electron chi connectivity index (χ4n) is 3.20. The minimum atomic E-state index is -0.427. The summed E-state index contributed by atoms with van der Waals surface area (Å²) >= 11 is 0. The van der Waals surface area contributed by atoms with Crippen LogP contribution in [0.2, 0.25) is 0 Å². The number of hydrogen-bond donors (Lipinski definition) is 0. The van der Waals surface area contributed by atoms with Gasteiger partial charge in [-0.3, -0.25) is 9.59 Å². The number of aromatic nitrogens is 1. The van der Waals surface area contributed by atoms with Gasteiger partial charge in [0.15, 0.2) is 5.76 Å². The van der Waals surface area contributed by atoms with Gasteiger partial charge in [0.05, 0.1) is 18.7 Å². The summed E-state index contributed by atoms with van der Waals surface area (Å²) in [5, 5.41) is 3.88. The van der Waals surface area contributed by atoms with E-state index in [1.165, 1.54) is 13.2 Å². The van der Waals surface area contributed by atoms with Gasteiger partial charge in [0.25, 0.3) is 0 Å². The van der Waals surface area contributed by atoms with Crippen molar-refractivity contribution in [1.82, 2.24) is 10.1 Å². The summed E-state index contributed by atoms with van der Waals surface area (Å²) in [5.41, 5.74) is 2.38. The van der Waals surface area contributed by atoms with Crippen LogP contribution in [0.4, 0.5) is 0 Å². The van der Waals surface area contributed by atoms with Gasteiger partial charge in [-0.2, -0.15) is 0 Å². The smallest absolute Gasteiger partial charge is 0.308 e. The van der Waals surface area contributed by atoms with Gasteiger partial charge in [-0.05, 0) is 29.3 Å². The fraction of sp³-hybridized carbons (Fsp3) is 0.190. The molecule has 1 aromatic carbocycles. The molecule has 0 saturated carbocycles. The van der Waals surface area contributed by atoms with Crippen LogP contribution in [0.25, 0.3) is 17.6 Å². The Kier molecular flexibility index (Phi) is 4.80. The molecule has 0 unspecified atom stereocenters. The average molecular weight is 378 g/mol. The van der Waals surface area contributed by atoms with Crippen molar-refractivity contribution in [1.29, 1.82) is 0 Å². The van der Waals surface area contributed by atoms with Gasteiger partial charge in [-0.1, -0.05) is 29.4 Å². The lowest BCUT2D eigenvalue weighted by molar-refractivity contribution is -0.147. The molecule has 3 aromatic rings. The van der Waals surface area contributed by atoms with Crippen molar-refractivity contribution < 1.29 is 23.3 Å². The number of benzene rings is 1. The van der Waals surface area contributed by atoms with Crippen molar-refractivity contribution in [3.05, 3.63) is 71.7 Å². The second-order valence-electron chi connectivity index (χ2n) is 6.41. The van der Waals surface area contributed by atoms with Crippen LogP contribution in [0.5, 0.6) is 0 Å². The number of ether oxygens (including phenoxy) is 1. The Balaban J connectivity index is 1.42. The molecule has 0 N–H and O–H groups in total. The normalized spacial score (nSPS) is 15.3. The molecule has 2 aromatic heterocycles. The Labute approximate surface area is 161 Å². The quantitative estimate of drug-likeness (QED) is 0.625. The minimum Gasteiger partial charge on any atom is -0.461 e.